The number of methoxy groups -OCH3 is 1. The first-order chi connectivity index (χ1) is 13.1. The lowest BCUT2D eigenvalue weighted by molar-refractivity contribution is 0.0943. The van der Waals surface area contributed by atoms with Gasteiger partial charge < -0.3 is 15.4 Å². The number of nitrogens with one attached hydrogen (secondary N) is 2. The molecule has 1 amide bonds. The van der Waals surface area contributed by atoms with Gasteiger partial charge in [-0.05, 0) is 12.1 Å². The molecular formula is C17H18F2N6O2. The number of nitrogens with zero attached hydrogens (tertiary/aromatic N) is 4. The van der Waals surface area contributed by atoms with Gasteiger partial charge in [0.1, 0.15) is 29.3 Å². The van der Waals surface area contributed by atoms with Gasteiger partial charge in [0.15, 0.2) is 5.65 Å². The van der Waals surface area contributed by atoms with E-state index in [1.807, 2.05) is 0 Å². The third kappa shape index (κ3) is 4.17. The number of hydrogen-bond acceptors (Lipinski definition) is 6. The van der Waals surface area contributed by atoms with E-state index in [0.717, 1.165) is 17.5 Å². The normalized spacial score (nSPS) is 10.9. The summed E-state index contributed by atoms with van der Waals surface area (Å²) in [5.41, 5.74) is -0.0222. The summed E-state index contributed by atoms with van der Waals surface area (Å²) in [6, 6.07) is 3.28. The Hall–Kier alpha value is -3.14. The number of aromatic nitrogens is 4. The van der Waals surface area contributed by atoms with E-state index in [2.05, 4.69) is 25.7 Å². The summed E-state index contributed by atoms with van der Waals surface area (Å²) < 4.78 is 33.8. The minimum atomic E-state index is -0.906. The molecule has 0 atom stereocenters. The average Bonchev–Trinajstić information content (AvgIpc) is 3.06. The molecule has 0 saturated heterocycles. The van der Waals surface area contributed by atoms with Gasteiger partial charge in [-0.25, -0.2) is 23.4 Å². The van der Waals surface area contributed by atoms with Gasteiger partial charge in [-0.3, -0.25) is 4.79 Å². The number of ether oxygens (including phenoxy) is 1. The van der Waals surface area contributed by atoms with Crippen molar-refractivity contribution in [3.8, 4) is 0 Å². The van der Waals surface area contributed by atoms with E-state index in [1.165, 1.54) is 12.4 Å². The highest BCUT2D eigenvalue weighted by Crippen LogP contribution is 2.18. The molecule has 2 N–H and O–H groups in total. The number of halogens is 2. The standard InChI is InChI=1S/C17H18F2N6O2/c1-27-8-6-20-15-11-9-24-25(16(11)23-10-22-15)7-5-21-17(26)14-12(18)3-2-4-13(14)19/h2-4,9-10H,5-8H2,1H3,(H,21,26)(H,20,22,23). The fraction of sp³-hybridized carbons (Fsp3) is 0.294. The molecule has 0 bridgehead atoms. The topological polar surface area (TPSA) is 94.0 Å². The van der Waals surface area contributed by atoms with Crippen LogP contribution in [0.15, 0.2) is 30.7 Å². The maximum Gasteiger partial charge on any atom is 0.257 e. The number of fused-ring (bicyclic) bond motifs is 1. The first-order valence-corrected chi connectivity index (χ1v) is 8.23. The smallest absolute Gasteiger partial charge is 0.257 e. The molecule has 142 valence electrons. The van der Waals surface area contributed by atoms with Gasteiger partial charge in [-0.15, -0.1) is 0 Å². The van der Waals surface area contributed by atoms with Crippen LogP contribution in [0.1, 0.15) is 10.4 Å². The number of rotatable bonds is 8. The van der Waals surface area contributed by atoms with Crippen molar-refractivity contribution < 1.29 is 18.3 Å². The summed E-state index contributed by atoms with van der Waals surface area (Å²) in [6.45, 7) is 1.51. The molecule has 10 heteroatoms. The van der Waals surface area contributed by atoms with Gasteiger partial charge >= 0.3 is 0 Å². The molecular weight excluding hydrogens is 358 g/mol. The molecule has 0 fully saturated rings. The minimum absolute atomic E-state index is 0.125. The minimum Gasteiger partial charge on any atom is -0.383 e. The van der Waals surface area contributed by atoms with Crippen molar-refractivity contribution in [1.29, 1.82) is 0 Å². The van der Waals surface area contributed by atoms with Crippen LogP contribution in [0.2, 0.25) is 0 Å². The molecule has 0 aliphatic heterocycles. The zero-order chi connectivity index (χ0) is 19.2. The van der Waals surface area contributed by atoms with Gasteiger partial charge in [0.25, 0.3) is 5.91 Å². The third-order valence-electron chi connectivity index (χ3n) is 3.83. The van der Waals surface area contributed by atoms with Crippen molar-refractivity contribution in [2.45, 2.75) is 6.54 Å². The van der Waals surface area contributed by atoms with Gasteiger partial charge in [0.05, 0.1) is 24.7 Å². The quantitative estimate of drug-likeness (QED) is 0.580. The van der Waals surface area contributed by atoms with Crippen molar-refractivity contribution in [3.05, 3.63) is 47.9 Å². The van der Waals surface area contributed by atoms with Crippen LogP contribution in [0, 0.1) is 11.6 Å². The Balaban J connectivity index is 1.65. The lowest BCUT2D eigenvalue weighted by atomic mass is 10.2. The summed E-state index contributed by atoms with van der Waals surface area (Å²) in [7, 11) is 1.61. The van der Waals surface area contributed by atoms with E-state index < -0.39 is 23.1 Å². The summed E-state index contributed by atoms with van der Waals surface area (Å²) in [4.78, 5) is 20.4. The predicted octanol–water partition coefficient (Wildman–Crippen LogP) is 1.59. The van der Waals surface area contributed by atoms with Crippen LogP contribution in [-0.4, -0.2) is 52.5 Å². The Labute approximate surface area is 153 Å². The molecule has 3 rings (SSSR count). The molecule has 2 heterocycles. The molecule has 3 aromatic rings. The van der Waals surface area contributed by atoms with E-state index >= 15 is 0 Å². The maximum absolute atomic E-state index is 13.6. The number of anilines is 1. The van der Waals surface area contributed by atoms with Crippen LogP contribution in [0.3, 0.4) is 0 Å². The van der Waals surface area contributed by atoms with E-state index in [1.54, 1.807) is 18.0 Å². The molecule has 1 aromatic carbocycles. The molecule has 0 spiro atoms. The number of amides is 1. The Morgan fingerprint density at radius 3 is 2.74 bits per heavy atom. The highest BCUT2D eigenvalue weighted by atomic mass is 19.1. The first-order valence-electron chi connectivity index (χ1n) is 8.23. The van der Waals surface area contributed by atoms with E-state index in [4.69, 9.17) is 4.74 Å². The van der Waals surface area contributed by atoms with Crippen LogP contribution in [0.5, 0.6) is 0 Å². The SMILES string of the molecule is COCCNc1ncnc2c1cnn2CCNC(=O)c1c(F)cccc1F. The van der Waals surface area contributed by atoms with Crippen molar-refractivity contribution in [2.75, 3.05) is 32.1 Å². The van der Waals surface area contributed by atoms with Crippen molar-refractivity contribution in [2.24, 2.45) is 0 Å². The van der Waals surface area contributed by atoms with Gasteiger partial charge in [-0.1, -0.05) is 6.07 Å². The highest BCUT2D eigenvalue weighted by Gasteiger charge is 2.16. The number of benzene rings is 1. The molecule has 0 aliphatic rings. The van der Waals surface area contributed by atoms with Crippen LogP contribution in [0.4, 0.5) is 14.6 Å². The second-order valence-electron chi connectivity index (χ2n) is 5.60. The molecule has 8 nitrogen and oxygen atoms in total. The monoisotopic (exact) mass is 376 g/mol. The van der Waals surface area contributed by atoms with Gasteiger partial charge in [0.2, 0.25) is 0 Å². The van der Waals surface area contributed by atoms with E-state index in [0.29, 0.717) is 24.6 Å². The Morgan fingerprint density at radius 2 is 2.00 bits per heavy atom. The maximum atomic E-state index is 13.6. The number of carbonyl (C=O) groups excluding carboxylic acids is 1. The largest absolute Gasteiger partial charge is 0.383 e. The lowest BCUT2D eigenvalue weighted by Crippen LogP contribution is -2.29. The van der Waals surface area contributed by atoms with Crippen molar-refractivity contribution in [1.82, 2.24) is 25.1 Å². The third-order valence-corrected chi connectivity index (χ3v) is 3.83. The molecule has 27 heavy (non-hydrogen) atoms. The molecule has 0 saturated carbocycles. The summed E-state index contributed by atoms with van der Waals surface area (Å²) in [5, 5.41) is 10.6. The second-order valence-corrected chi connectivity index (χ2v) is 5.60. The predicted molar refractivity (Wildman–Crippen MR) is 94.4 cm³/mol. The lowest BCUT2D eigenvalue weighted by Gasteiger charge is -2.08. The van der Waals surface area contributed by atoms with Gasteiger partial charge in [0, 0.05) is 20.2 Å². The number of hydrogen-bond donors (Lipinski definition) is 2. The zero-order valence-corrected chi connectivity index (χ0v) is 14.6. The molecule has 2 aromatic heterocycles. The van der Waals surface area contributed by atoms with Crippen LogP contribution in [0.25, 0.3) is 11.0 Å². The molecule has 0 aliphatic carbocycles. The van der Waals surface area contributed by atoms with Crippen LogP contribution in [-0.2, 0) is 11.3 Å². The average molecular weight is 376 g/mol. The Bertz CT molecular complexity index is 926. The molecule has 0 unspecified atom stereocenters. The van der Waals surface area contributed by atoms with E-state index in [-0.39, 0.29) is 13.1 Å². The fourth-order valence-corrected chi connectivity index (χ4v) is 2.55. The second kappa shape index (κ2) is 8.49. The first kappa shape index (κ1) is 18.6. The zero-order valence-electron chi connectivity index (χ0n) is 14.6. The fourth-order valence-electron chi connectivity index (χ4n) is 2.55. The van der Waals surface area contributed by atoms with Crippen LogP contribution >= 0.6 is 0 Å². The summed E-state index contributed by atoms with van der Waals surface area (Å²) in [5.74, 6) is -2.01. The van der Waals surface area contributed by atoms with Gasteiger partial charge in [-0.2, -0.15) is 5.10 Å². The van der Waals surface area contributed by atoms with Crippen molar-refractivity contribution >= 4 is 22.8 Å². The van der Waals surface area contributed by atoms with Crippen LogP contribution < -0.4 is 10.6 Å². The van der Waals surface area contributed by atoms with E-state index in [9.17, 15) is 13.6 Å². The Morgan fingerprint density at radius 1 is 1.22 bits per heavy atom. The van der Waals surface area contributed by atoms with Crippen molar-refractivity contribution in [3.63, 3.8) is 0 Å². The number of carbonyl (C=O) groups is 1. The molecule has 0 radical (unpaired) electrons. The summed E-state index contributed by atoms with van der Waals surface area (Å²) in [6.07, 6.45) is 3.02. The Kier molecular flexibility index (Phi) is 5.87. The highest BCUT2D eigenvalue weighted by molar-refractivity contribution is 5.94. The summed E-state index contributed by atoms with van der Waals surface area (Å²) >= 11 is 0.